The predicted molar refractivity (Wildman–Crippen MR) is 47.2 cm³/mol. The smallest absolute Gasteiger partial charge is 0.258 e. The van der Waals surface area contributed by atoms with Gasteiger partial charge < -0.3 is 9.73 Å². The van der Waals surface area contributed by atoms with E-state index in [-0.39, 0.29) is 5.91 Å². The van der Waals surface area contributed by atoms with Crippen LogP contribution in [0.25, 0.3) is 0 Å². The fourth-order valence-electron chi connectivity index (χ4n) is 1.17. The third-order valence-corrected chi connectivity index (χ3v) is 1.77. The van der Waals surface area contributed by atoms with Crippen molar-refractivity contribution in [2.45, 2.75) is 6.04 Å². The van der Waals surface area contributed by atoms with Crippen LogP contribution in [0.1, 0.15) is 11.8 Å². The number of hydrogen-bond donors (Lipinski definition) is 1. The molecule has 1 aliphatic rings. The maximum atomic E-state index is 11.3. The van der Waals surface area contributed by atoms with Crippen LogP contribution in [0.15, 0.2) is 40.5 Å². The zero-order chi connectivity index (χ0) is 9.26. The molecule has 66 valence electrons. The van der Waals surface area contributed by atoms with E-state index >= 15 is 0 Å². The number of nitrogens with one attached hydrogen (secondary N) is 1. The van der Waals surface area contributed by atoms with E-state index < -0.39 is 6.04 Å². The Morgan fingerprint density at radius 3 is 3.08 bits per heavy atom. The summed E-state index contributed by atoms with van der Waals surface area (Å²) in [5.74, 6) is 0.866. The average Bonchev–Trinajstić information content (AvgIpc) is 2.72. The molecule has 4 heteroatoms. The van der Waals surface area contributed by atoms with Gasteiger partial charge in [-0.15, -0.1) is 0 Å². The monoisotopic (exact) mass is 176 g/mol. The Morgan fingerprint density at radius 1 is 1.69 bits per heavy atom. The van der Waals surface area contributed by atoms with Crippen LogP contribution in [-0.2, 0) is 4.79 Å². The lowest BCUT2D eigenvalue weighted by molar-refractivity contribution is -0.120. The van der Waals surface area contributed by atoms with Crippen LogP contribution in [-0.4, -0.2) is 11.7 Å². The van der Waals surface area contributed by atoms with Crippen LogP contribution < -0.4 is 5.32 Å². The second-order valence-electron chi connectivity index (χ2n) is 2.63. The topological polar surface area (TPSA) is 54.6 Å². The van der Waals surface area contributed by atoms with Gasteiger partial charge in [-0.3, -0.25) is 4.79 Å². The average molecular weight is 176 g/mol. The molecule has 1 amide bonds. The molecule has 2 rings (SSSR count). The maximum Gasteiger partial charge on any atom is 0.258 e. The number of amides is 1. The van der Waals surface area contributed by atoms with E-state index in [2.05, 4.69) is 16.9 Å². The SMILES string of the molecule is C=CC1=NC(c2ccco2)C(=O)N1. The number of carbonyl (C=O) groups is 1. The molecule has 13 heavy (non-hydrogen) atoms. The second kappa shape index (κ2) is 2.90. The van der Waals surface area contributed by atoms with Gasteiger partial charge in [0, 0.05) is 0 Å². The molecule has 0 bridgehead atoms. The highest BCUT2D eigenvalue weighted by molar-refractivity contribution is 6.10. The van der Waals surface area contributed by atoms with E-state index in [1.807, 2.05) is 0 Å². The molecule has 0 aromatic carbocycles. The highest BCUT2D eigenvalue weighted by Gasteiger charge is 2.28. The van der Waals surface area contributed by atoms with E-state index in [4.69, 9.17) is 4.42 Å². The van der Waals surface area contributed by atoms with Gasteiger partial charge in [0.05, 0.1) is 6.26 Å². The van der Waals surface area contributed by atoms with Crippen molar-refractivity contribution in [3.8, 4) is 0 Å². The molecule has 0 aliphatic carbocycles. The number of nitrogens with zero attached hydrogens (tertiary/aromatic N) is 1. The third-order valence-electron chi connectivity index (χ3n) is 1.77. The van der Waals surface area contributed by atoms with Gasteiger partial charge >= 0.3 is 0 Å². The number of carbonyl (C=O) groups excluding carboxylic acids is 1. The molecule has 1 aromatic heterocycles. The Labute approximate surface area is 75.0 Å². The van der Waals surface area contributed by atoms with E-state index in [1.54, 1.807) is 12.1 Å². The van der Waals surface area contributed by atoms with Crippen LogP contribution in [0.2, 0.25) is 0 Å². The van der Waals surface area contributed by atoms with Crippen LogP contribution in [0.5, 0.6) is 0 Å². The quantitative estimate of drug-likeness (QED) is 0.731. The van der Waals surface area contributed by atoms with Gasteiger partial charge in [-0.05, 0) is 18.2 Å². The number of aliphatic imine (C=N–C) groups is 1. The zero-order valence-corrected chi connectivity index (χ0v) is 6.86. The zero-order valence-electron chi connectivity index (χ0n) is 6.86. The number of hydrogen-bond acceptors (Lipinski definition) is 3. The molecule has 1 aliphatic heterocycles. The number of rotatable bonds is 2. The summed E-state index contributed by atoms with van der Waals surface area (Å²) in [4.78, 5) is 15.4. The normalized spacial score (nSPS) is 21.1. The summed E-state index contributed by atoms with van der Waals surface area (Å²) < 4.78 is 5.08. The third kappa shape index (κ3) is 1.26. The highest BCUT2D eigenvalue weighted by atomic mass is 16.3. The summed E-state index contributed by atoms with van der Waals surface area (Å²) in [5.41, 5.74) is 0. The standard InChI is InChI=1S/C9H8N2O2/c1-2-7-10-8(9(12)11-7)6-4-3-5-13-6/h2-5,8H,1H2,(H,10,11,12). The molecule has 4 nitrogen and oxygen atoms in total. The molecule has 0 spiro atoms. The first-order chi connectivity index (χ1) is 6.31. The summed E-state index contributed by atoms with van der Waals surface area (Å²) in [6, 6.07) is 2.90. The molecule has 1 aromatic rings. The molecular weight excluding hydrogens is 168 g/mol. The van der Waals surface area contributed by atoms with E-state index in [9.17, 15) is 4.79 Å². The van der Waals surface area contributed by atoms with Crippen LogP contribution in [0, 0.1) is 0 Å². The van der Waals surface area contributed by atoms with Crippen molar-refractivity contribution < 1.29 is 9.21 Å². The molecule has 0 saturated carbocycles. The first-order valence-corrected chi connectivity index (χ1v) is 3.86. The Balaban J connectivity index is 2.30. The van der Waals surface area contributed by atoms with Gasteiger partial charge in [0.15, 0.2) is 6.04 Å². The van der Waals surface area contributed by atoms with Crippen LogP contribution in [0.3, 0.4) is 0 Å². The summed E-state index contributed by atoms with van der Waals surface area (Å²) >= 11 is 0. The molecule has 1 N–H and O–H groups in total. The van der Waals surface area contributed by atoms with Gasteiger partial charge in [0.2, 0.25) is 0 Å². The van der Waals surface area contributed by atoms with Crippen molar-refractivity contribution in [2.24, 2.45) is 4.99 Å². The molecule has 2 heterocycles. The molecule has 1 atom stereocenters. The lowest BCUT2D eigenvalue weighted by atomic mass is 10.2. The van der Waals surface area contributed by atoms with Crippen molar-refractivity contribution in [3.63, 3.8) is 0 Å². The van der Waals surface area contributed by atoms with Gasteiger partial charge in [-0.2, -0.15) is 0 Å². The van der Waals surface area contributed by atoms with Gasteiger partial charge in [-0.1, -0.05) is 6.58 Å². The van der Waals surface area contributed by atoms with Gasteiger partial charge in [0.1, 0.15) is 11.6 Å². The second-order valence-corrected chi connectivity index (χ2v) is 2.63. The van der Waals surface area contributed by atoms with Crippen molar-refractivity contribution in [3.05, 3.63) is 36.8 Å². The van der Waals surface area contributed by atoms with Crippen LogP contribution >= 0.6 is 0 Å². The van der Waals surface area contributed by atoms with Gasteiger partial charge in [-0.25, -0.2) is 4.99 Å². The minimum Gasteiger partial charge on any atom is -0.466 e. The number of amidine groups is 1. The first kappa shape index (κ1) is 7.79. The Bertz CT molecular complexity index is 365. The van der Waals surface area contributed by atoms with Crippen LogP contribution in [0.4, 0.5) is 0 Å². The highest BCUT2D eigenvalue weighted by Crippen LogP contribution is 2.21. The largest absolute Gasteiger partial charge is 0.466 e. The lowest BCUT2D eigenvalue weighted by Crippen LogP contribution is -2.24. The van der Waals surface area contributed by atoms with Crippen molar-refractivity contribution in [1.29, 1.82) is 0 Å². The Hall–Kier alpha value is -1.84. The fourth-order valence-corrected chi connectivity index (χ4v) is 1.17. The molecule has 0 radical (unpaired) electrons. The van der Waals surface area contributed by atoms with E-state index in [1.165, 1.54) is 12.3 Å². The summed E-state index contributed by atoms with van der Waals surface area (Å²) in [7, 11) is 0. The lowest BCUT2D eigenvalue weighted by Gasteiger charge is -1.97. The molecule has 0 saturated heterocycles. The van der Waals surface area contributed by atoms with Gasteiger partial charge in [0.25, 0.3) is 5.91 Å². The minimum absolute atomic E-state index is 0.176. The summed E-state index contributed by atoms with van der Waals surface area (Å²) in [5, 5.41) is 2.57. The van der Waals surface area contributed by atoms with Crippen molar-refractivity contribution in [1.82, 2.24) is 5.32 Å². The summed E-state index contributed by atoms with van der Waals surface area (Å²) in [6.45, 7) is 3.52. The molecular formula is C9H8N2O2. The van der Waals surface area contributed by atoms with Crippen molar-refractivity contribution in [2.75, 3.05) is 0 Å². The fraction of sp³-hybridized carbons (Fsp3) is 0.111. The van der Waals surface area contributed by atoms with E-state index in [0.29, 0.717) is 11.6 Å². The Kier molecular flexibility index (Phi) is 1.73. The summed E-state index contributed by atoms with van der Waals surface area (Å²) in [6.07, 6.45) is 3.02. The van der Waals surface area contributed by atoms with Crippen molar-refractivity contribution >= 4 is 11.7 Å². The first-order valence-electron chi connectivity index (χ1n) is 3.86. The Morgan fingerprint density at radius 2 is 2.54 bits per heavy atom. The maximum absolute atomic E-state index is 11.3. The van der Waals surface area contributed by atoms with E-state index in [0.717, 1.165) is 0 Å². The number of furan rings is 1. The minimum atomic E-state index is -0.553. The molecule has 0 fully saturated rings. The predicted octanol–water partition coefficient (Wildman–Crippen LogP) is 1.03. The molecule has 1 unspecified atom stereocenters.